The number of nitrogens with zero attached hydrogens (tertiary/aromatic N) is 3. The van der Waals surface area contributed by atoms with Crippen molar-refractivity contribution in [2.24, 2.45) is 0 Å². The minimum absolute atomic E-state index is 0.161. The van der Waals surface area contributed by atoms with E-state index in [1.807, 2.05) is 51.1 Å². The summed E-state index contributed by atoms with van der Waals surface area (Å²) < 4.78 is 22.0. The molecule has 0 bridgehead atoms. The topological polar surface area (TPSA) is 99.0 Å². The van der Waals surface area contributed by atoms with Crippen molar-refractivity contribution in [2.45, 2.75) is 33.2 Å². The van der Waals surface area contributed by atoms with Gasteiger partial charge in [0.1, 0.15) is 5.75 Å². The van der Waals surface area contributed by atoms with Gasteiger partial charge in [0.05, 0.1) is 32.4 Å². The van der Waals surface area contributed by atoms with E-state index in [4.69, 9.17) is 23.7 Å². The Morgan fingerprint density at radius 3 is 2.46 bits per heavy atom. The number of rotatable bonds is 9. The first-order valence-corrected chi connectivity index (χ1v) is 11.6. The van der Waals surface area contributed by atoms with Crippen LogP contribution in [0.1, 0.15) is 44.7 Å². The van der Waals surface area contributed by atoms with Gasteiger partial charge in [-0.05, 0) is 56.2 Å². The Hall–Kier alpha value is -4.01. The zero-order chi connectivity index (χ0) is 24.9. The first-order valence-electron chi connectivity index (χ1n) is 11.6. The molecule has 1 aromatic heterocycles. The molecule has 0 saturated carbocycles. The van der Waals surface area contributed by atoms with E-state index in [0.717, 1.165) is 34.6 Å². The Morgan fingerprint density at radius 1 is 1.06 bits per heavy atom. The van der Waals surface area contributed by atoms with Crippen molar-refractivity contribution in [3.63, 3.8) is 0 Å². The van der Waals surface area contributed by atoms with Gasteiger partial charge in [0.15, 0.2) is 11.5 Å². The predicted molar refractivity (Wildman–Crippen MR) is 131 cm³/mol. The minimum Gasteiger partial charge on any atom is -0.494 e. The summed E-state index contributed by atoms with van der Waals surface area (Å²) in [7, 11) is 3.16. The highest BCUT2D eigenvalue weighted by Gasteiger charge is 2.35. The second-order valence-corrected chi connectivity index (χ2v) is 8.03. The lowest BCUT2D eigenvalue weighted by molar-refractivity contribution is 0.205. The summed E-state index contributed by atoms with van der Waals surface area (Å²) in [6, 6.07) is 12.5. The van der Waals surface area contributed by atoms with Crippen LogP contribution < -0.4 is 19.5 Å². The van der Waals surface area contributed by atoms with Crippen LogP contribution in [0.25, 0.3) is 17.0 Å². The molecule has 1 N–H and O–H groups in total. The predicted octanol–water partition coefficient (Wildman–Crippen LogP) is 5.06. The van der Waals surface area contributed by atoms with E-state index in [-0.39, 0.29) is 6.03 Å². The number of nitrogens with one attached hydrogen (secondary N) is 1. The van der Waals surface area contributed by atoms with Crippen LogP contribution >= 0.6 is 0 Å². The molecular formula is C26H30N4O5. The van der Waals surface area contributed by atoms with Crippen molar-refractivity contribution < 1.29 is 23.5 Å². The molecule has 1 aliphatic rings. The number of ether oxygens (including phenoxy) is 3. The van der Waals surface area contributed by atoms with Gasteiger partial charge in [0.25, 0.3) is 5.89 Å². The zero-order valence-corrected chi connectivity index (χ0v) is 20.6. The van der Waals surface area contributed by atoms with Gasteiger partial charge in [0.2, 0.25) is 5.82 Å². The van der Waals surface area contributed by atoms with Crippen LogP contribution in [-0.4, -0.2) is 48.4 Å². The molecule has 184 valence electrons. The first kappa shape index (κ1) is 24.1. The molecule has 3 aromatic rings. The van der Waals surface area contributed by atoms with E-state index in [0.29, 0.717) is 36.4 Å². The average Bonchev–Trinajstić information content (AvgIpc) is 3.36. The second kappa shape index (κ2) is 10.5. The molecule has 35 heavy (non-hydrogen) atoms. The molecule has 9 nitrogen and oxygen atoms in total. The van der Waals surface area contributed by atoms with Crippen molar-refractivity contribution in [2.75, 3.05) is 27.4 Å². The summed E-state index contributed by atoms with van der Waals surface area (Å²) in [5, 5.41) is 7.32. The van der Waals surface area contributed by atoms with Crippen LogP contribution in [0.15, 0.2) is 52.7 Å². The highest BCUT2D eigenvalue weighted by Crippen LogP contribution is 2.38. The van der Waals surface area contributed by atoms with Crippen molar-refractivity contribution in [3.8, 4) is 28.6 Å². The van der Waals surface area contributed by atoms with Gasteiger partial charge >= 0.3 is 6.03 Å². The molecule has 9 heteroatoms. The molecule has 1 aliphatic heterocycles. The first-order chi connectivity index (χ1) is 17.0. The average molecular weight is 479 g/mol. The number of hydrogen-bond donors (Lipinski definition) is 1. The number of urea groups is 1. The fourth-order valence-corrected chi connectivity index (χ4v) is 4.15. The molecule has 0 radical (unpaired) electrons. The molecule has 2 aromatic carbocycles. The molecule has 2 amide bonds. The molecule has 0 fully saturated rings. The number of hydrogen-bond acceptors (Lipinski definition) is 7. The number of carbonyl (C=O) groups is 1. The smallest absolute Gasteiger partial charge is 0.322 e. The van der Waals surface area contributed by atoms with Crippen molar-refractivity contribution >= 4 is 11.6 Å². The van der Waals surface area contributed by atoms with E-state index >= 15 is 0 Å². The number of carbonyl (C=O) groups excluding carboxylic acids is 1. The van der Waals surface area contributed by atoms with Gasteiger partial charge in [-0.2, -0.15) is 4.98 Å². The number of benzene rings is 2. The number of methoxy groups -OCH3 is 2. The third-order valence-corrected chi connectivity index (χ3v) is 5.87. The summed E-state index contributed by atoms with van der Waals surface area (Å²) in [5.41, 5.74) is 3.13. The van der Waals surface area contributed by atoms with Crippen LogP contribution in [0.5, 0.6) is 17.2 Å². The van der Waals surface area contributed by atoms with Crippen molar-refractivity contribution in [3.05, 3.63) is 59.6 Å². The molecule has 1 atom stereocenters. The largest absolute Gasteiger partial charge is 0.494 e. The lowest BCUT2D eigenvalue weighted by Crippen LogP contribution is -2.46. The van der Waals surface area contributed by atoms with Gasteiger partial charge < -0.3 is 24.1 Å². The summed E-state index contributed by atoms with van der Waals surface area (Å²) >= 11 is 0. The third-order valence-electron chi connectivity index (χ3n) is 5.87. The Bertz CT molecular complexity index is 1220. The molecule has 1 unspecified atom stereocenters. The fourth-order valence-electron chi connectivity index (χ4n) is 4.15. The molecule has 0 saturated heterocycles. The van der Waals surface area contributed by atoms with E-state index in [1.54, 1.807) is 31.3 Å². The number of aromatic nitrogens is 2. The van der Waals surface area contributed by atoms with Crippen molar-refractivity contribution in [1.82, 2.24) is 20.4 Å². The third kappa shape index (κ3) is 4.80. The fraction of sp³-hybridized carbons (Fsp3) is 0.346. The standard InChI is InChI=1S/C26H30N4O5/c1-6-14-30-16(3)22(23(27-26(30)31)17-8-11-19(12-9-17)34-7-2)25-28-24(29-35-25)18-10-13-20(32-4)21(15-18)33-5/h8-13,15,23H,6-7,14H2,1-5H3,(H,27,31). The normalized spacial score (nSPS) is 15.7. The van der Waals surface area contributed by atoms with Crippen LogP contribution in [0.4, 0.5) is 4.79 Å². The maximum absolute atomic E-state index is 12.9. The number of allylic oxidation sites excluding steroid dienone is 1. The highest BCUT2D eigenvalue weighted by molar-refractivity contribution is 5.87. The van der Waals surface area contributed by atoms with Gasteiger partial charge in [-0.3, -0.25) is 4.90 Å². The number of amides is 2. The highest BCUT2D eigenvalue weighted by atomic mass is 16.5. The van der Waals surface area contributed by atoms with E-state index in [9.17, 15) is 4.79 Å². The minimum atomic E-state index is -0.454. The molecule has 0 aliphatic carbocycles. The Kier molecular flexibility index (Phi) is 7.24. The Morgan fingerprint density at radius 2 is 1.80 bits per heavy atom. The SMILES string of the molecule is CCCN1C(=O)NC(c2ccc(OCC)cc2)C(c2nc(-c3ccc(OC)c(OC)c3)no2)=C1C. The quantitative estimate of drug-likeness (QED) is 0.459. The molecule has 4 rings (SSSR count). The van der Waals surface area contributed by atoms with E-state index in [1.165, 1.54) is 0 Å². The van der Waals surface area contributed by atoms with Crippen LogP contribution in [0, 0.1) is 0 Å². The van der Waals surface area contributed by atoms with Gasteiger partial charge in [-0.1, -0.05) is 24.2 Å². The lowest BCUT2D eigenvalue weighted by atomic mass is 9.94. The van der Waals surface area contributed by atoms with Crippen LogP contribution in [0.3, 0.4) is 0 Å². The maximum Gasteiger partial charge on any atom is 0.322 e. The van der Waals surface area contributed by atoms with Gasteiger partial charge in [0, 0.05) is 17.8 Å². The van der Waals surface area contributed by atoms with Crippen molar-refractivity contribution in [1.29, 1.82) is 0 Å². The van der Waals surface area contributed by atoms with E-state index in [2.05, 4.69) is 10.5 Å². The van der Waals surface area contributed by atoms with Gasteiger partial charge in [-0.25, -0.2) is 4.79 Å². The monoisotopic (exact) mass is 478 g/mol. The van der Waals surface area contributed by atoms with Crippen LogP contribution in [0.2, 0.25) is 0 Å². The Labute approximate surface area is 204 Å². The summed E-state index contributed by atoms with van der Waals surface area (Å²) in [5.74, 6) is 2.69. The zero-order valence-electron chi connectivity index (χ0n) is 20.6. The molecule has 2 heterocycles. The molecular weight excluding hydrogens is 448 g/mol. The summed E-state index contributed by atoms with van der Waals surface area (Å²) in [6.07, 6.45) is 0.812. The lowest BCUT2D eigenvalue weighted by Gasteiger charge is -2.35. The van der Waals surface area contributed by atoms with Crippen LogP contribution in [-0.2, 0) is 0 Å². The summed E-state index contributed by atoms with van der Waals surface area (Å²) in [6.45, 7) is 7.03. The Balaban J connectivity index is 1.76. The maximum atomic E-state index is 12.9. The van der Waals surface area contributed by atoms with Gasteiger partial charge in [-0.15, -0.1) is 0 Å². The second-order valence-electron chi connectivity index (χ2n) is 8.03. The molecule has 0 spiro atoms. The summed E-state index contributed by atoms with van der Waals surface area (Å²) in [4.78, 5) is 19.3. The van der Waals surface area contributed by atoms with E-state index < -0.39 is 6.04 Å².